The van der Waals surface area contributed by atoms with E-state index < -0.39 is 10.0 Å². The molecule has 0 aromatic heterocycles. The first-order chi connectivity index (χ1) is 14.7. The number of hydrogen-bond acceptors (Lipinski definition) is 5. The molecule has 0 saturated carbocycles. The highest BCUT2D eigenvalue weighted by atomic mass is 32.2. The van der Waals surface area contributed by atoms with Gasteiger partial charge in [-0.05, 0) is 60.9 Å². The van der Waals surface area contributed by atoms with Crippen molar-refractivity contribution in [3.8, 4) is 11.5 Å². The average molecular weight is 447 g/mol. The second kappa shape index (κ2) is 10.5. The predicted octanol–water partition coefficient (Wildman–Crippen LogP) is 4.00. The van der Waals surface area contributed by atoms with Crippen molar-refractivity contribution in [1.82, 2.24) is 4.31 Å². The van der Waals surface area contributed by atoms with Gasteiger partial charge < -0.3 is 14.8 Å². The van der Waals surface area contributed by atoms with Gasteiger partial charge in [-0.2, -0.15) is 4.31 Å². The lowest BCUT2D eigenvalue weighted by Crippen LogP contribution is -2.30. The van der Waals surface area contributed by atoms with Crippen LogP contribution < -0.4 is 14.8 Å². The van der Waals surface area contributed by atoms with Gasteiger partial charge in [0.1, 0.15) is 11.5 Å². The van der Waals surface area contributed by atoms with Crippen LogP contribution >= 0.6 is 0 Å². The molecule has 0 aliphatic heterocycles. The number of ether oxygens (including phenoxy) is 2. The number of nitrogens with one attached hydrogen (secondary N) is 1. The van der Waals surface area contributed by atoms with Crippen LogP contribution in [0.1, 0.15) is 30.5 Å². The van der Waals surface area contributed by atoms with E-state index in [9.17, 15) is 13.2 Å². The van der Waals surface area contributed by atoms with Gasteiger partial charge in [0, 0.05) is 30.9 Å². The third-order valence-corrected chi connectivity index (χ3v) is 7.07. The molecule has 8 heteroatoms. The second-order valence-corrected chi connectivity index (χ2v) is 8.91. The molecule has 1 amide bonds. The molecule has 0 fully saturated rings. The summed E-state index contributed by atoms with van der Waals surface area (Å²) in [4.78, 5) is 12.7. The van der Waals surface area contributed by atoms with Gasteiger partial charge in [-0.15, -0.1) is 0 Å². The molecule has 0 radical (unpaired) electrons. The molecule has 168 valence electrons. The molecule has 2 rings (SSSR count). The lowest BCUT2D eigenvalue weighted by atomic mass is 10.1. The number of carbonyl (C=O) groups is 1. The largest absolute Gasteiger partial charge is 0.497 e. The first kappa shape index (κ1) is 24.4. The maximum Gasteiger partial charge on any atom is 0.248 e. The third-order valence-electron chi connectivity index (χ3n) is 5.04. The summed E-state index contributed by atoms with van der Waals surface area (Å²) in [5.74, 6) is 0.849. The van der Waals surface area contributed by atoms with Crippen molar-refractivity contribution in [2.75, 3.05) is 32.6 Å². The van der Waals surface area contributed by atoms with Crippen molar-refractivity contribution in [3.63, 3.8) is 0 Å². The summed E-state index contributed by atoms with van der Waals surface area (Å²) >= 11 is 0. The van der Waals surface area contributed by atoms with E-state index >= 15 is 0 Å². The minimum Gasteiger partial charge on any atom is -0.497 e. The van der Waals surface area contributed by atoms with Gasteiger partial charge >= 0.3 is 0 Å². The summed E-state index contributed by atoms with van der Waals surface area (Å²) in [5.41, 5.74) is 2.79. The van der Waals surface area contributed by atoms with Gasteiger partial charge in [0.25, 0.3) is 0 Å². The van der Waals surface area contributed by atoms with Crippen LogP contribution in [-0.2, 0) is 14.8 Å². The number of carbonyl (C=O) groups excluding carboxylic acids is 1. The van der Waals surface area contributed by atoms with Crippen molar-refractivity contribution in [1.29, 1.82) is 0 Å². The fourth-order valence-corrected chi connectivity index (χ4v) is 4.66. The van der Waals surface area contributed by atoms with Gasteiger partial charge in [0.2, 0.25) is 15.9 Å². The van der Waals surface area contributed by atoms with Crippen LogP contribution in [0, 0.1) is 13.8 Å². The molecule has 7 nitrogen and oxygen atoms in total. The number of benzene rings is 2. The first-order valence-corrected chi connectivity index (χ1v) is 11.4. The standard InChI is InChI=1S/C23H30N2O5S/c1-7-25(8-2)31(27,28)21-11-16(3)17(4)22(15-21)24-23(26)10-9-18-12-19(29-5)14-20(13-18)30-6/h9-15H,7-8H2,1-6H3,(H,24,26). The second-order valence-electron chi connectivity index (χ2n) is 6.97. The number of methoxy groups -OCH3 is 2. The van der Waals surface area contributed by atoms with Crippen molar-refractivity contribution < 1.29 is 22.7 Å². The van der Waals surface area contributed by atoms with Gasteiger partial charge in [-0.25, -0.2) is 8.42 Å². The molecule has 31 heavy (non-hydrogen) atoms. The molecule has 0 aliphatic rings. The highest BCUT2D eigenvalue weighted by Crippen LogP contribution is 2.27. The van der Waals surface area contributed by atoms with Gasteiger partial charge in [0.15, 0.2) is 0 Å². The van der Waals surface area contributed by atoms with E-state index in [1.807, 2.05) is 13.8 Å². The van der Waals surface area contributed by atoms with Crippen LogP contribution in [0.5, 0.6) is 11.5 Å². The molecule has 0 aliphatic carbocycles. The van der Waals surface area contributed by atoms with Crippen molar-refractivity contribution in [2.24, 2.45) is 0 Å². The number of sulfonamides is 1. The Bertz CT molecular complexity index is 1050. The Kier molecular flexibility index (Phi) is 8.24. The summed E-state index contributed by atoms with van der Waals surface area (Å²) in [5, 5.41) is 2.79. The highest BCUT2D eigenvalue weighted by Gasteiger charge is 2.23. The minimum atomic E-state index is -3.63. The van der Waals surface area contributed by atoms with E-state index in [0.717, 1.165) is 16.7 Å². The molecular formula is C23H30N2O5S. The fourth-order valence-electron chi connectivity index (χ4n) is 3.09. The zero-order valence-corrected chi connectivity index (χ0v) is 19.7. The normalized spacial score (nSPS) is 11.7. The Morgan fingerprint density at radius 3 is 2.10 bits per heavy atom. The number of amides is 1. The van der Waals surface area contributed by atoms with Crippen LogP contribution in [0.4, 0.5) is 5.69 Å². The van der Waals surface area contributed by atoms with E-state index in [2.05, 4.69) is 5.32 Å². The minimum absolute atomic E-state index is 0.163. The summed E-state index contributed by atoms with van der Waals surface area (Å²) in [6, 6.07) is 8.44. The predicted molar refractivity (Wildman–Crippen MR) is 123 cm³/mol. The molecule has 0 unspecified atom stereocenters. The maximum atomic E-state index is 12.9. The van der Waals surface area contributed by atoms with Crippen LogP contribution in [0.3, 0.4) is 0 Å². The lowest BCUT2D eigenvalue weighted by Gasteiger charge is -2.20. The third kappa shape index (κ3) is 5.86. The Morgan fingerprint density at radius 2 is 1.58 bits per heavy atom. The first-order valence-electron chi connectivity index (χ1n) is 9.99. The number of aryl methyl sites for hydroxylation is 1. The Hall–Kier alpha value is -2.84. The molecule has 2 aromatic rings. The summed E-state index contributed by atoms with van der Waals surface area (Å²) in [6.45, 7) is 8.01. The molecule has 0 heterocycles. The highest BCUT2D eigenvalue weighted by molar-refractivity contribution is 7.89. The lowest BCUT2D eigenvalue weighted by molar-refractivity contribution is -0.111. The smallest absolute Gasteiger partial charge is 0.248 e. The van der Waals surface area contributed by atoms with E-state index in [4.69, 9.17) is 9.47 Å². The van der Waals surface area contributed by atoms with Crippen molar-refractivity contribution >= 4 is 27.7 Å². The van der Waals surface area contributed by atoms with Gasteiger partial charge in [-0.3, -0.25) is 4.79 Å². The summed E-state index contributed by atoms with van der Waals surface area (Å²) in [7, 11) is -0.523. The number of rotatable bonds is 9. The Labute approximate surface area is 184 Å². The number of hydrogen-bond donors (Lipinski definition) is 1. The van der Waals surface area contributed by atoms with Crippen molar-refractivity contribution in [2.45, 2.75) is 32.6 Å². The fraction of sp³-hybridized carbons (Fsp3) is 0.348. The molecule has 0 spiro atoms. The molecule has 1 N–H and O–H groups in total. The monoisotopic (exact) mass is 446 g/mol. The average Bonchev–Trinajstić information content (AvgIpc) is 2.75. The zero-order valence-electron chi connectivity index (χ0n) is 18.9. The maximum absolute atomic E-state index is 12.9. The van der Waals surface area contributed by atoms with Crippen LogP contribution in [-0.4, -0.2) is 45.9 Å². The van der Waals surface area contributed by atoms with Crippen LogP contribution in [0.2, 0.25) is 0 Å². The number of anilines is 1. The molecular weight excluding hydrogens is 416 g/mol. The summed E-state index contributed by atoms with van der Waals surface area (Å²) in [6.07, 6.45) is 3.02. The molecule has 0 atom stereocenters. The molecule has 0 saturated heterocycles. The molecule has 0 bridgehead atoms. The van der Waals surface area contributed by atoms with Gasteiger partial charge in [-0.1, -0.05) is 13.8 Å². The topological polar surface area (TPSA) is 84.9 Å². The summed E-state index contributed by atoms with van der Waals surface area (Å²) < 4.78 is 37.7. The van der Waals surface area contributed by atoms with E-state index in [1.165, 1.54) is 16.4 Å². The van der Waals surface area contributed by atoms with Crippen LogP contribution in [0.15, 0.2) is 41.3 Å². The van der Waals surface area contributed by atoms with E-state index in [-0.39, 0.29) is 10.8 Å². The SMILES string of the molecule is CCN(CC)S(=O)(=O)c1cc(C)c(C)c(NC(=O)C=Cc2cc(OC)cc(OC)c2)c1. The van der Waals surface area contributed by atoms with E-state index in [0.29, 0.717) is 30.3 Å². The van der Waals surface area contributed by atoms with E-state index in [1.54, 1.807) is 58.4 Å². The Morgan fingerprint density at radius 1 is 1.00 bits per heavy atom. The van der Waals surface area contributed by atoms with Crippen LogP contribution in [0.25, 0.3) is 6.08 Å². The molecule has 2 aromatic carbocycles. The number of nitrogens with zero attached hydrogens (tertiary/aromatic N) is 1. The Balaban J connectivity index is 2.31. The van der Waals surface area contributed by atoms with Gasteiger partial charge in [0.05, 0.1) is 19.1 Å². The zero-order chi connectivity index (χ0) is 23.2. The van der Waals surface area contributed by atoms with Crippen molar-refractivity contribution in [3.05, 3.63) is 53.1 Å². The quantitative estimate of drug-likeness (QED) is 0.589.